The Balaban J connectivity index is 2.02. The van der Waals surface area contributed by atoms with Crippen molar-refractivity contribution in [3.63, 3.8) is 0 Å². The van der Waals surface area contributed by atoms with E-state index in [1.165, 1.54) is 0 Å². The summed E-state index contributed by atoms with van der Waals surface area (Å²) >= 11 is 0. The first-order valence-electron chi connectivity index (χ1n) is 7.90. The fourth-order valence-electron chi connectivity index (χ4n) is 2.75. The van der Waals surface area contributed by atoms with Gasteiger partial charge in [0.05, 0.1) is 12.7 Å². The third kappa shape index (κ3) is 4.61. The van der Waals surface area contributed by atoms with Crippen molar-refractivity contribution in [2.75, 3.05) is 20.3 Å². The predicted octanol–water partition coefficient (Wildman–Crippen LogP) is 2.88. The molecule has 0 atom stereocenters. The Morgan fingerprint density at radius 2 is 2.05 bits per heavy atom. The number of methoxy groups -OCH3 is 1. The molecule has 0 bridgehead atoms. The number of hydrogen-bond acceptors (Lipinski definition) is 4. The summed E-state index contributed by atoms with van der Waals surface area (Å²) in [5.41, 5.74) is 0.429. The van der Waals surface area contributed by atoms with Gasteiger partial charge < -0.3 is 19.9 Å². The van der Waals surface area contributed by atoms with Crippen LogP contribution in [-0.4, -0.2) is 31.0 Å². The highest BCUT2D eigenvalue weighted by molar-refractivity contribution is 5.40. The van der Waals surface area contributed by atoms with Crippen molar-refractivity contribution in [2.45, 2.75) is 51.2 Å². The standard InChI is InChI=1S/C17H27NO3/c1-3-10-18-12-14-11-15(20-2)6-7-16(14)21-13-17(19)8-4-5-9-17/h6-7,11,18-19H,3-5,8-10,12-13H2,1-2H3. The fraction of sp³-hybridized carbons (Fsp3) is 0.647. The smallest absolute Gasteiger partial charge is 0.124 e. The van der Waals surface area contributed by atoms with E-state index < -0.39 is 5.60 Å². The molecule has 1 aromatic carbocycles. The van der Waals surface area contributed by atoms with E-state index in [2.05, 4.69) is 12.2 Å². The molecule has 0 amide bonds. The highest BCUT2D eigenvalue weighted by atomic mass is 16.5. The van der Waals surface area contributed by atoms with Gasteiger partial charge in [-0.05, 0) is 44.0 Å². The number of benzene rings is 1. The van der Waals surface area contributed by atoms with Crippen molar-refractivity contribution in [2.24, 2.45) is 0 Å². The summed E-state index contributed by atoms with van der Waals surface area (Å²) in [5.74, 6) is 1.66. The SMILES string of the molecule is CCCNCc1cc(OC)ccc1OCC1(O)CCCC1. The predicted molar refractivity (Wildman–Crippen MR) is 83.9 cm³/mol. The minimum absolute atomic E-state index is 0.375. The second kappa shape index (κ2) is 7.66. The second-order valence-corrected chi connectivity index (χ2v) is 5.87. The van der Waals surface area contributed by atoms with E-state index in [0.29, 0.717) is 6.61 Å². The summed E-state index contributed by atoms with van der Waals surface area (Å²) in [6.45, 7) is 4.24. The summed E-state index contributed by atoms with van der Waals surface area (Å²) in [4.78, 5) is 0. The Morgan fingerprint density at radius 3 is 2.71 bits per heavy atom. The molecule has 0 heterocycles. The zero-order valence-corrected chi connectivity index (χ0v) is 13.2. The number of hydrogen-bond donors (Lipinski definition) is 2. The monoisotopic (exact) mass is 293 g/mol. The molecule has 0 unspecified atom stereocenters. The van der Waals surface area contributed by atoms with Gasteiger partial charge in [0.1, 0.15) is 18.1 Å². The number of ether oxygens (including phenoxy) is 2. The van der Waals surface area contributed by atoms with E-state index in [9.17, 15) is 5.11 Å². The average molecular weight is 293 g/mol. The van der Waals surface area contributed by atoms with Crippen LogP contribution in [-0.2, 0) is 6.54 Å². The molecule has 1 aromatic rings. The molecule has 1 aliphatic carbocycles. The van der Waals surface area contributed by atoms with Crippen molar-refractivity contribution in [1.29, 1.82) is 0 Å². The summed E-state index contributed by atoms with van der Waals surface area (Å²) < 4.78 is 11.2. The first kappa shape index (κ1) is 16.1. The lowest BCUT2D eigenvalue weighted by Crippen LogP contribution is -2.32. The topological polar surface area (TPSA) is 50.7 Å². The van der Waals surface area contributed by atoms with E-state index in [4.69, 9.17) is 9.47 Å². The lowest BCUT2D eigenvalue weighted by atomic mass is 10.0. The molecule has 0 aliphatic heterocycles. The summed E-state index contributed by atoms with van der Waals surface area (Å²) in [5, 5.41) is 13.8. The Bertz CT molecular complexity index is 442. The highest BCUT2D eigenvalue weighted by Gasteiger charge is 2.32. The van der Waals surface area contributed by atoms with Crippen molar-refractivity contribution in [1.82, 2.24) is 5.32 Å². The molecule has 4 nitrogen and oxygen atoms in total. The zero-order valence-electron chi connectivity index (χ0n) is 13.2. The van der Waals surface area contributed by atoms with Gasteiger partial charge in [0.2, 0.25) is 0 Å². The second-order valence-electron chi connectivity index (χ2n) is 5.87. The van der Waals surface area contributed by atoms with Crippen LogP contribution >= 0.6 is 0 Å². The van der Waals surface area contributed by atoms with Gasteiger partial charge in [-0.3, -0.25) is 0 Å². The molecule has 1 saturated carbocycles. The van der Waals surface area contributed by atoms with Gasteiger partial charge in [-0.1, -0.05) is 19.8 Å². The van der Waals surface area contributed by atoms with Gasteiger partial charge in [-0.15, -0.1) is 0 Å². The molecule has 0 radical (unpaired) electrons. The van der Waals surface area contributed by atoms with Crippen LogP contribution in [0.2, 0.25) is 0 Å². The van der Waals surface area contributed by atoms with Crippen LogP contribution in [0.4, 0.5) is 0 Å². The van der Waals surface area contributed by atoms with Gasteiger partial charge in [-0.25, -0.2) is 0 Å². The third-order valence-electron chi connectivity index (χ3n) is 4.04. The van der Waals surface area contributed by atoms with Gasteiger partial charge in [0, 0.05) is 12.1 Å². The number of rotatable bonds is 8. The van der Waals surface area contributed by atoms with Crippen molar-refractivity contribution < 1.29 is 14.6 Å². The van der Waals surface area contributed by atoms with Crippen LogP contribution in [0, 0.1) is 0 Å². The van der Waals surface area contributed by atoms with Crippen LogP contribution in [0.5, 0.6) is 11.5 Å². The van der Waals surface area contributed by atoms with Gasteiger partial charge in [-0.2, -0.15) is 0 Å². The minimum Gasteiger partial charge on any atom is -0.497 e. The van der Waals surface area contributed by atoms with Crippen LogP contribution < -0.4 is 14.8 Å². The van der Waals surface area contributed by atoms with E-state index in [-0.39, 0.29) is 0 Å². The van der Waals surface area contributed by atoms with Gasteiger partial charge in [0.25, 0.3) is 0 Å². The molecule has 1 fully saturated rings. The van der Waals surface area contributed by atoms with Gasteiger partial charge >= 0.3 is 0 Å². The number of nitrogens with one attached hydrogen (secondary N) is 1. The lowest BCUT2D eigenvalue weighted by Gasteiger charge is -2.23. The summed E-state index contributed by atoms with van der Waals surface area (Å²) in [6, 6.07) is 5.83. The maximum Gasteiger partial charge on any atom is 0.124 e. The van der Waals surface area contributed by atoms with Crippen molar-refractivity contribution in [3.8, 4) is 11.5 Å². The van der Waals surface area contributed by atoms with E-state index in [0.717, 1.165) is 62.3 Å². The minimum atomic E-state index is -0.645. The Morgan fingerprint density at radius 1 is 1.29 bits per heavy atom. The Labute approximate surface area is 127 Å². The summed E-state index contributed by atoms with van der Waals surface area (Å²) in [6.07, 6.45) is 4.96. The lowest BCUT2D eigenvalue weighted by molar-refractivity contribution is 0.00110. The van der Waals surface area contributed by atoms with Crippen molar-refractivity contribution in [3.05, 3.63) is 23.8 Å². The Hall–Kier alpha value is -1.26. The van der Waals surface area contributed by atoms with Crippen LogP contribution in [0.15, 0.2) is 18.2 Å². The maximum absolute atomic E-state index is 10.4. The molecule has 21 heavy (non-hydrogen) atoms. The van der Waals surface area contributed by atoms with Crippen molar-refractivity contribution >= 4 is 0 Å². The van der Waals surface area contributed by atoms with E-state index in [1.54, 1.807) is 7.11 Å². The molecule has 0 saturated heterocycles. The van der Waals surface area contributed by atoms with E-state index >= 15 is 0 Å². The van der Waals surface area contributed by atoms with E-state index in [1.807, 2.05) is 18.2 Å². The largest absolute Gasteiger partial charge is 0.497 e. The molecular weight excluding hydrogens is 266 g/mol. The quantitative estimate of drug-likeness (QED) is 0.724. The van der Waals surface area contributed by atoms with Crippen LogP contribution in [0.1, 0.15) is 44.6 Å². The maximum atomic E-state index is 10.4. The first-order chi connectivity index (χ1) is 10.2. The average Bonchev–Trinajstić information content (AvgIpc) is 2.93. The highest BCUT2D eigenvalue weighted by Crippen LogP contribution is 2.31. The first-order valence-corrected chi connectivity index (χ1v) is 7.90. The molecule has 0 spiro atoms. The van der Waals surface area contributed by atoms with Crippen LogP contribution in [0.25, 0.3) is 0 Å². The molecule has 2 N–H and O–H groups in total. The third-order valence-corrected chi connectivity index (χ3v) is 4.04. The molecule has 1 aliphatic rings. The normalized spacial score (nSPS) is 16.9. The summed E-state index contributed by atoms with van der Waals surface area (Å²) in [7, 11) is 1.67. The fourth-order valence-corrected chi connectivity index (χ4v) is 2.75. The molecule has 2 rings (SSSR count). The molecule has 0 aromatic heterocycles. The number of aliphatic hydroxyl groups is 1. The zero-order chi connectivity index (χ0) is 15.1. The Kier molecular flexibility index (Phi) is 5.88. The molecular formula is C17H27NO3. The van der Waals surface area contributed by atoms with Gasteiger partial charge in [0.15, 0.2) is 0 Å². The van der Waals surface area contributed by atoms with Crippen LogP contribution in [0.3, 0.4) is 0 Å². The molecule has 4 heteroatoms. The molecule has 118 valence electrons.